The Kier molecular flexibility index (Phi) is 3.72. The molecule has 6 heteroatoms. The molecule has 1 aliphatic heterocycles. The van der Waals surface area contributed by atoms with E-state index in [0.717, 1.165) is 15.8 Å². The first kappa shape index (κ1) is 15.1. The zero-order valence-corrected chi connectivity index (χ0v) is 13.7. The number of aromatic amines is 1. The van der Waals surface area contributed by atoms with Gasteiger partial charge in [-0.1, -0.05) is 0 Å². The number of aromatic nitrogens is 1. The van der Waals surface area contributed by atoms with Gasteiger partial charge in [-0.3, -0.25) is 0 Å². The van der Waals surface area contributed by atoms with Crippen molar-refractivity contribution in [1.82, 2.24) is 9.88 Å². The fourth-order valence-electron chi connectivity index (χ4n) is 2.35. The number of nitrogens with one attached hydrogen (secondary N) is 1. The Labute approximate surface area is 133 Å². The third kappa shape index (κ3) is 3.16. The Hall–Kier alpha value is -1.82. The Morgan fingerprint density at radius 2 is 2.14 bits per heavy atom. The Balaban J connectivity index is 1.60. The summed E-state index contributed by atoms with van der Waals surface area (Å²) in [4.78, 5) is 17.9. The number of amides is 1. The van der Waals surface area contributed by atoms with Gasteiger partial charge in [-0.2, -0.15) is 0 Å². The van der Waals surface area contributed by atoms with E-state index >= 15 is 0 Å². The number of H-pyrrole nitrogens is 1. The number of fused-ring (bicyclic) bond motifs is 1. The molecule has 0 atom stereocenters. The summed E-state index contributed by atoms with van der Waals surface area (Å²) in [6.45, 7) is 6.98. The lowest BCUT2D eigenvalue weighted by Gasteiger charge is -2.39. The highest BCUT2D eigenvalue weighted by Gasteiger charge is 2.34. The van der Waals surface area contributed by atoms with Gasteiger partial charge in [0.15, 0.2) is 0 Å². The quantitative estimate of drug-likeness (QED) is 0.887. The molecule has 5 nitrogen and oxygen atoms in total. The van der Waals surface area contributed by atoms with E-state index in [1.807, 2.05) is 33.0 Å². The molecule has 1 aromatic carbocycles. The van der Waals surface area contributed by atoms with Crippen molar-refractivity contribution in [3.8, 4) is 5.75 Å². The molecule has 3 rings (SSSR count). The third-order valence-corrected chi connectivity index (χ3v) is 4.64. The molecule has 1 fully saturated rings. The van der Waals surface area contributed by atoms with Crippen molar-refractivity contribution in [1.29, 1.82) is 0 Å². The van der Waals surface area contributed by atoms with Crippen LogP contribution in [0.4, 0.5) is 4.79 Å². The monoisotopic (exact) mass is 320 g/mol. The molecule has 1 aromatic heterocycles. The van der Waals surface area contributed by atoms with Crippen LogP contribution in [0, 0.1) is 0 Å². The van der Waals surface area contributed by atoms with Crippen molar-refractivity contribution in [3.05, 3.63) is 24.4 Å². The summed E-state index contributed by atoms with van der Waals surface area (Å²) in [7, 11) is 0. The molecule has 0 bridgehead atoms. The molecule has 2 aromatic rings. The molecule has 2 N–H and O–H groups in total. The molecule has 0 spiro atoms. The number of aromatic hydroxyl groups is 1. The fourth-order valence-corrected chi connectivity index (χ4v) is 3.64. The largest absolute Gasteiger partial charge is 0.508 e. The number of thioether (sulfide) groups is 1. The predicted octanol–water partition coefficient (Wildman–Crippen LogP) is 3.58. The topological polar surface area (TPSA) is 65.6 Å². The van der Waals surface area contributed by atoms with Crippen LogP contribution in [-0.2, 0) is 4.74 Å². The first-order chi connectivity index (χ1) is 10.3. The summed E-state index contributed by atoms with van der Waals surface area (Å²) in [6.07, 6.45) is 1.70. The van der Waals surface area contributed by atoms with E-state index in [0.29, 0.717) is 18.3 Å². The van der Waals surface area contributed by atoms with E-state index in [1.165, 1.54) is 0 Å². The maximum atomic E-state index is 11.9. The number of phenols is 1. The number of carbonyl (C=O) groups is 1. The van der Waals surface area contributed by atoms with Gasteiger partial charge in [0.2, 0.25) is 0 Å². The second kappa shape index (κ2) is 5.43. The lowest BCUT2D eigenvalue weighted by Crippen LogP contribution is -2.53. The Bertz CT molecular complexity index is 699. The van der Waals surface area contributed by atoms with E-state index in [1.54, 1.807) is 28.8 Å². The standard InChI is InChI=1S/C16H20N2O3S/c1-16(2,3)21-15(20)18-8-11(9-18)22-14-7-17-13-5-4-10(19)6-12(13)14/h4-7,11,17,19H,8-9H2,1-3H3. The number of rotatable bonds is 2. The van der Waals surface area contributed by atoms with E-state index in [-0.39, 0.29) is 11.8 Å². The number of hydrogen-bond donors (Lipinski definition) is 2. The minimum absolute atomic E-state index is 0.249. The Morgan fingerprint density at radius 1 is 1.41 bits per heavy atom. The van der Waals surface area contributed by atoms with Gasteiger partial charge in [-0.15, -0.1) is 11.8 Å². The van der Waals surface area contributed by atoms with Crippen LogP contribution < -0.4 is 0 Å². The van der Waals surface area contributed by atoms with Crippen LogP contribution in [0.1, 0.15) is 20.8 Å². The lowest BCUT2D eigenvalue weighted by atomic mass is 10.2. The second-order valence-corrected chi connectivity index (χ2v) is 7.85. The summed E-state index contributed by atoms with van der Waals surface area (Å²) in [5.74, 6) is 0.262. The summed E-state index contributed by atoms with van der Waals surface area (Å²) in [5, 5.41) is 11.0. The first-order valence-electron chi connectivity index (χ1n) is 7.26. The molecule has 1 aliphatic rings. The normalized spacial score (nSPS) is 15.9. The minimum atomic E-state index is -0.455. The summed E-state index contributed by atoms with van der Waals surface area (Å²) < 4.78 is 5.35. The highest BCUT2D eigenvalue weighted by Crippen LogP contribution is 2.36. The van der Waals surface area contributed by atoms with Gasteiger partial charge in [0, 0.05) is 40.3 Å². The van der Waals surface area contributed by atoms with Crippen LogP contribution in [0.3, 0.4) is 0 Å². The van der Waals surface area contributed by atoms with Crippen LogP contribution in [0.15, 0.2) is 29.3 Å². The van der Waals surface area contributed by atoms with Gasteiger partial charge < -0.3 is 19.7 Å². The maximum absolute atomic E-state index is 11.9. The van der Waals surface area contributed by atoms with Crippen LogP contribution >= 0.6 is 11.8 Å². The average molecular weight is 320 g/mol. The number of hydrogen-bond acceptors (Lipinski definition) is 4. The van der Waals surface area contributed by atoms with Crippen LogP contribution in [0.5, 0.6) is 5.75 Å². The summed E-state index contributed by atoms with van der Waals surface area (Å²) in [6, 6.07) is 5.29. The highest BCUT2D eigenvalue weighted by atomic mass is 32.2. The molecule has 0 aliphatic carbocycles. The molecule has 0 radical (unpaired) electrons. The average Bonchev–Trinajstić information content (AvgIpc) is 2.73. The van der Waals surface area contributed by atoms with E-state index < -0.39 is 5.60 Å². The summed E-state index contributed by atoms with van der Waals surface area (Å²) >= 11 is 1.72. The number of phenolic OH excluding ortho intramolecular Hbond substituents is 1. The van der Waals surface area contributed by atoms with Gasteiger partial charge in [0.1, 0.15) is 11.4 Å². The summed E-state index contributed by atoms with van der Waals surface area (Å²) in [5.41, 5.74) is 0.549. The lowest BCUT2D eigenvalue weighted by molar-refractivity contribution is 0.0144. The number of likely N-dealkylation sites (tertiary alicyclic amines) is 1. The molecule has 0 saturated carbocycles. The highest BCUT2D eigenvalue weighted by molar-refractivity contribution is 8.00. The number of ether oxygens (including phenoxy) is 1. The molecule has 22 heavy (non-hydrogen) atoms. The molecule has 0 unspecified atom stereocenters. The predicted molar refractivity (Wildman–Crippen MR) is 87.4 cm³/mol. The van der Waals surface area contributed by atoms with Crippen LogP contribution in [0.25, 0.3) is 10.9 Å². The van der Waals surface area contributed by atoms with Crippen molar-refractivity contribution >= 4 is 28.8 Å². The molecular formula is C16H20N2O3S. The van der Waals surface area contributed by atoms with Crippen molar-refractivity contribution < 1.29 is 14.6 Å². The third-order valence-electron chi connectivity index (χ3n) is 3.42. The van der Waals surface area contributed by atoms with Gasteiger partial charge >= 0.3 is 6.09 Å². The van der Waals surface area contributed by atoms with Gasteiger partial charge in [-0.05, 0) is 39.0 Å². The SMILES string of the molecule is CC(C)(C)OC(=O)N1CC(Sc2c[nH]c3ccc(O)cc23)C1. The van der Waals surface area contributed by atoms with E-state index in [4.69, 9.17) is 4.74 Å². The maximum Gasteiger partial charge on any atom is 0.410 e. The van der Waals surface area contributed by atoms with Crippen molar-refractivity contribution in [2.24, 2.45) is 0 Å². The van der Waals surface area contributed by atoms with Crippen molar-refractivity contribution in [2.75, 3.05) is 13.1 Å². The Morgan fingerprint density at radius 3 is 2.82 bits per heavy atom. The number of carbonyl (C=O) groups excluding carboxylic acids is 1. The van der Waals surface area contributed by atoms with Crippen molar-refractivity contribution in [3.63, 3.8) is 0 Å². The smallest absolute Gasteiger partial charge is 0.410 e. The molecule has 2 heterocycles. The van der Waals surface area contributed by atoms with Gasteiger partial charge in [0.25, 0.3) is 0 Å². The van der Waals surface area contributed by atoms with E-state index in [2.05, 4.69) is 4.98 Å². The van der Waals surface area contributed by atoms with Crippen LogP contribution in [0.2, 0.25) is 0 Å². The van der Waals surface area contributed by atoms with E-state index in [9.17, 15) is 9.90 Å². The molecule has 1 saturated heterocycles. The van der Waals surface area contributed by atoms with Gasteiger partial charge in [-0.25, -0.2) is 4.79 Å². The van der Waals surface area contributed by atoms with Gasteiger partial charge in [0.05, 0.1) is 0 Å². The van der Waals surface area contributed by atoms with Crippen molar-refractivity contribution in [2.45, 2.75) is 36.5 Å². The fraction of sp³-hybridized carbons (Fsp3) is 0.438. The zero-order valence-electron chi connectivity index (χ0n) is 12.9. The number of benzene rings is 1. The molecule has 1 amide bonds. The molecular weight excluding hydrogens is 300 g/mol. The second-order valence-electron chi connectivity index (χ2n) is 6.51. The number of nitrogens with zero attached hydrogens (tertiary/aromatic N) is 1. The molecule has 118 valence electrons. The minimum Gasteiger partial charge on any atom is -0.508 e. The van der Waals surface area contributed by atoms with Crippen LogP contribution in [-0.4, -0.2) is 45.0 Å². The first-order valence-corrected chi connectivity index (χ1v) is 8.14. The zero-order chi connectivity index (χ0) is 15.9.